The van der Waals surface area contributed by atoms with E-state index in [4.69, 9.17) is 0 Å². The predicted molar refractivity (Wildman–Crippen MR) is 178 cm³/mol. The highest BCUT2D eigenvalue weighted by molar-refractivity contribution is 5.86. The van der Waals surface area contributed by atoms with Crippen molar-refractivity contribution >= 4 is 0 Å². The van der Waals surface area contributed by atoms with Crippen molar-refractivity contribution in [1.29, 1.82) is 0 Å². The lowest BCUT2D eigenvalue weighted by atomic mass is 9.67. The second-order valence-electron chi connectivity index (χ2n) is 12.0. The van der Waals surface area contributed by atoms with Gasteiger partial charge in [0.25, 0.3) is 0 Å². The minimum Gasteiger partial charge on any atom is -0.295 e. The van der Waals surface area contributed by atoms with Gasteiger partial charge in [-0.25, -0.2) is 0 Å². The largest absolute Gasteiger partial charge is 0.295 e. The van der Waals surface area contributed by atoms with Gasteiger partial charge in [0.1, 0.15) is 0 Å². The van der Waals surface area contributed by atoms with Crippen molar-refractivity contribution in [3.8, 4) is 22.3 Å². The second kappa shape index (κ2) is 10.5. The molecule has 0 unspecified atom stereocenters. The van der Waals surface area contributed by atoms with Crippen LogP contribution in [-0.2, 0) is 24.9 Å². The zero-order valence-electron chi connectivity index (χ0n) is 24.6. The van der Waals surface area contributed by atoms with Crippen molar-refractivity contribution in [1.82, 2.24) is 4.90 Å². The molecule has 8 rings (SSSR count). The first kappa shape index (κ1) is 25.9. The average Bonchev–Trinajstić information content (AvgIpc) is 3.59. The van der Waals surface area contributed by atoms with Gasteiger partial charge in [-0.1, -0.05) is 140 Å². The van der Waals surface area contributed by atoms with E-state index in [0.29, 0.717) is 0 Å². The van der Waals surface area contributed by atoms with Crippen molar-refractivity contribution in [3.63, 3.8) is 0 Å². The van der Waals surface area contributed by atoms with Crippen molar-refractivity contribution < 1.29 is 0 Å². The molecule has 0 fully saturated rings. The van der Waals surface area contributed by atoms with Gasteiger partial charge in [-0.3, -0.25) is 4.90 Å². The van der Waals surface area contributed by atoms with Crippen LogP contribution < -0.4 is 0 Å². The summed E-state index contributed by atoms with van der Waals surface area (Å²) in [5, 5.41) is 0. The van der Waals surface area contributed by atoms with Crippen LogP contribution in [0, 0.1) is 0 Å². The molecule has 0 saturated carbocycles. The zero-order chi connectivity index (χ0) is 28.8. The molecule has 0 spiro atoms. The maximum atomic E-state index is 2.56. The minimum absolute atomic E-state index is 0.335. The standard InChI is InChI=1S/C42H35N/c1-2-43(28-30-21-23-33-27-32-13-9-10-18-36(32)38(33)25-30)29-31-22-24-41-39(26-31)37-19-11-12-20-40(37)42(41,34-14-5-3-6-15-34)35-16-7-4-8-17-35/h3-26H,2,27-29H2,1H3. The number of nitrogens with zero attached hydrogens (tertiary/aromatic N) is 1. The third-order valence-corrected chi connectivity index (χ3v) is 9.65. The van der Waals surface area contributed by atoms with Crippen LogP contribution in [0.25, 0.3) is 22.3 Å². The molecule has 0 N–H and O–H groups in total. The van der Waals surface area contributed by atoms with Crippen LogP contribution in [0.15, 0.2) is 146 Å². The Morgan fingerprint density at radius 2 is 1.02 bits per heavy atom. The lowest BCUT2D eigenvalue weighted by Crippen LogP contribution is -2.28. The van der Waals surface area contributed by atoms with Gasteiger partial charge in [0.2, 0.25) is 0 Å². The Morgan fingerprint density at radius 3 is 1.72 bits per heavy atom. The summed E-state index contributed by atoms with van der Waals surface area (Å²) in [7, 11) is 0. The van der Waals surface area contributed by atoms with Crippen molar-refractivity contribution in [3.05, 3.63) is 190 Å². The first-order valence-electron chi connectivity index (χ1n) is 15.5. The maximum Gasteiger partial charge on any atom is 0.0713 e. The maximum absolute atomic E-state index is 2.56. The highest BCUT2D eigenvalue weighted by atomic mass is 15.1. The number of hydrogen-bond donors (Lipinski definition) is 0. The highest BCUT2D eigenvalue weighted by Gasteiger charge is 2.45. The summed E-state index contributed by atoms with van der Waals surface area (Å²) in [6, 6.07) is 54.3. The molecular weight excluding hydrogens is 518 g/mol. The highest BCUT2D eigenvalue weighted by Crippen LogP contribution is 2.56. The van der Waals surface area contributed by atoms with E-state index in [0.717, 1.165) is 26.1 Å². The quantitative estimate of drug-likeness (QED) is 0.190. The van der Waals surface area contributed by atoms with Crippen molar-refractivity contribution in [2.24, 2.45) is 0 Å². The first-order chi connectivity index (χ1) is 21.3. The Balaban J connectivity index is 1.17. The molecule has 0 aliphatic heterocycles. The van der Waals surface area contributed by atoms with E-state index in [9.17, 15) is 0 Å². The summed E-state index contributed by atoms with van der Waals surface area (Å²) in [4.78, 5) is 2.56. The number of rotatable bonds is 7. The van der Waals surface area contributed by atoms with E-state index in [1.165, 1.54) is 66.8 Å². The van der Waals surface area contributed by atoms with Crippen molar-refractivity contribution in [2.75, 3.05) is 6.54 Å². The van der Waals surface area contributed by atoms with Gasteiger partial charge in [0, 0.05) is 13.1 Å². The number of benzene rings is 6. The molecule has 0 saturated heterocycles. The Bertz CT molecular complexity index is 1900. The minimum atomic E-state index is -0.335. The lowest BCUT2D eigenvalue weighted by Gasteiger charge is -2.34. The molecule has 43 heavy (non-hydrogen) atoms. The van der Waals surface area contributed by atoms with Crippen LogP contribution in [0.2, 0.25) is 0 Å². The third-order valence-electron chi connectivity index (χ3n) is 9.65. The molecule has 0 bridgehead atoms. The van der Waals surface area contributed by atoms with E-state index in [1.54, 1.807) is 0 Å². The van der Waals surface area contributed by atoms with Gasteiger partial charge >= 0.3 is 0 Å². The van der Waals surface area contributed by atoms with Gasteiger partial charge in [0.15, 0.2) is 0 Å². The monoisotopic (exact) mass is 553 g/mol. The fourth-order valence-corrected chi connectivity index (χ4v) is 7.66. The molecular formula is C42H35N. The van der Waals surface area contributed by atoms with Gasteiger partial charge in [-0.2, -0.15) is 0 Å². The van der Waals surface area contributed by atoms with Gasteiger partial charge < -0.3 is 0 Å². The summed E-state index contributed by atoms with van der Waals surface area (Å²) in [5.41, 5.74) is 16.2. The van der Waals surface area contributed by atoms with Crippen LogP contribution in [0.1, 0.15) is 51.4 Å². The fourth-order valence-electron chi connectivity index (χ4n) is 7.66. The fraction of sp³-hybridized carbons (Fsp3) is 0.143. The van der Waals surface area contributed by atoms with Crippen LogP contribution in [0.3, 0.4) is 0 Å². The van der Waals surface area contributed by atoms with Crippen LogP contribution in [0.5, 0.6) is 0 Å². The Kier molecular flexibility index (Phi) is 6.35. The summed E-state index contributed by atoms with van der Waals surface area (Å²) in [6.07, 6.45) is 1.05. The first-order valence-corrected chi connectivity index (χ1v) is 15.5. The summed E-state index contributed by atoms with van der Waals surface area (Å²) >= 11 is 0. The zero-order valence-corrected chi connectivity index (χ0v) is 24.6. The molecule has 0 atom stereocenters. The number of hydrogen-bond acceptors (Lipinski definition) is 1. The molecule has 0 radical (unpaired) electrons. The summed E-state index contributed by atoms with van der Waals surface area (Å²) < 4.78 is 0. The molecule has 208 valence electrons. The molecule has 0 aromatic heterocycles. The van der Waals surface area contributed by atoms with Crippen LogP contribution >= 0.6 is 0 Å². The Hall–Kier alpha value is -4.72. The van der Waals surface area contributed by atoms with Crippen molar-refractivity contribution in [2.45, 2.75) is 31.8 Å². The van der Waals surface area contributed by atoms with Gasteiger partial charge in [0.05, 0.1) is 5.41 Å². The molecule has 2 aliphatic rings. The molecule has 6 aromatic rings. The van der Waals surface area contributed by atoms with E-state index in [-0.39, 0.29) is 5.41 Å². The second-order valence-corrected chi connectivity index (χ2v) is 12.0. The molecule has 6 aromatic carbocycles. The predicted octanol–water partition coefficient (Wildman–Crippen LogP) is 9.64. The van der Waals surface area contributed by atoms with Crippen LogP contribution in [-0.4, -0.2) is 11.4 Å². The lowest BCUT2D eigenvalue weighted by molar-refractivity contribution is 0.271. The van der Waals surface area contributed by atoms with E-state index in [1.807, 2.05) is 0 Å². The van der Waals surface area contributed by atoms with Gasteiger partial charge in [-0.15, -0.1) is 0 Å². The number of fused-ring (bicyclic) bond motifs is 6. The molecule has 1 heteroatoms. The van der Waals surface area contributed by atoms with E-state index < -0.39 is 0 Å². The molecule has 1 nitrogen and oxygen atoms in total. The Labute approximate surface area is 255 Å². The molecule has 0 heterocycles. The van der Waals surface area contributed by atoms with E-state index in [2.05, 4.69) is 157 Å². The molecule has 2 aliphatic carbocycles. The SMILES string of the molecule is CCN(Cc1ccc2c(c1)-c1ccccc1C2)Cc1ccc2c(c1)-c1ccccc1C2(c1ccccc1)c1ccccc1. The Morgan fingerprint density at radius 1 is 0.488 bits per heavy atom. The normalized spacial score (nSPS) is 13.8. The summed E-state index contributed by atoms with van der Waals surface area (Å²) in [5.74, 6) is 0. The van der Waals surface area contributed by atoms with Gasteiger partial charge in [-0.05, 0) is 91.9 Å². The van der Waals surface area contributed by atoms with Crippen LogP contribution in [0.4, 0.5) is 0 Å². The molecule has 0 amide bonds. The topological polar surface area (TPSA) is 3.24 Å². The summed E-state index contributed by atoms with van der Waals surface area (Å²) in [6.45, 7) is 5.14. The average molecular weight is 554 g/mol. The van der Waals surface area contributed by atoms with E-state index >= 15 is 0 Å². The third kappa shape index (κ3) is 4.19. The smallest absolute Gasteiger partial charge is 0.0713 e.